The average molecular weight is 511 g/mol. The van der Waals surface area contributed by atoms with Crippen LogP contribution >= 0.6 is 0 Å². The van der Waals surface area contributed by atoms with Crippen LogP contribution in [0.3, 0.4) is 0 Å². The van der Waals surface area contributed by atoms with Crippen LogP contribution in [-0.4, -0.2) is 3.81 Å². The number of hydrogen-bond acceptors (Lipinski definition) is 0. The number of aryl methyl sites for hydroxylation is 2. The van der Waals surface area contributed by atoms with Gasteiger partial charge in [-0.1, -0.05) is 0 Å². The van der Waals surface area contributed by atoms with E-state index in [2.05, 4.69) is 72.3 Å². The number of allylic oxidation sites excluding steroid dienone is 4. The van der Waals surface area contributed by atoms with Gasteiger partial charge in [-0.2, -0.15) is 0 Å². The Morgan fingerprint density at radius 2 is 1.27 bits per heavy atom. The van der Waals surface area contributed by atoms with Gasteiger partial charge in [-0.05, 0) is 0 Å². The van der Waals surface area contributed by atoms with Gasteiger partial charge in [0.25, 0.3) is 0 Å². The molecule has 0 atom stereocenters. The minimum Gasteiger partial charge on any atom is -1.00 e. The van der Waals surface area contributed by atoms with E-state index in [4.69, 9.17) is 0 Å². The fraction of sp³-hybridized carbons (Fsp3) is 0.433. The normalized spacial score (nSPS) is 27.9. The van der Waals surface area contributed by atoms with Crippen LogP contribution in [-0.2, 0) is 17.4 Å². The van der Waals surface area contributed by atoms with E-state index in [0.29, 0.717) is 4.22 Å². The molecular formula is C30H32Cl2Ti. The summed E-state index contributed by atoms with van der Waals surface area (Å²) < 4.78 is 4.66. The number of benzene rings is 2. The molecule has 0 amide bonds. The third-order valence-electron chi connectivity index (χ3n) is 9.06. The van der Waals surface area contributed by atoms with E-state index in [9.17, 15) is 0 Å². The zero-order valence-electron chi connectivity index (χ0n) is 19.6. The van der Waals surface area contributed by atoms with E-state index in [1.165, 1.54) is 54.4 Å². The van der Waals surface area contributed by atoms with Crippen molar-refractivity contribution in [1.82, 2.24) is 0 Å². The van der Waals surface area contributed by atoms with E-state index < -0.39 is 17.4 Å². The molecule has 0 unspecified atom stereocenters. The Morgan fingerprint density at radius 3 is 1.76 bits per heavy atom. The Hall–Kier alpha value is -0.916. The summed E-state index contributed by atoms with van der Waals surface area (Å²) in [5, 5.41) is 0. The Bertz CT molecular complexity index is 1120. The summed E-state index contributed by atoms with van der Waals surface area (Å²) in [5.74, 6) is 4.01. The first-order valence-corrected chi connectivity index (χ1v) is 14.9. The molecule has 0 aromatic heterocycles. The molecule has 0 heterocycles. The molecule has 2 aromatic carbocycles. The third-order valence-corrected chi connectivity index (χ3v) is 14.8. The van der Waals surface area contributed by atoms with Crippen molar-refractivity contribution >= 4 is 3.81 Å². The summed E-state index contributed by atoms with van der Waals surface area (Å²) in [4.78, 5) is 0. The number of halogens is 2. The topological polar surface area (TPSA) is 0 Å². The van der Waals surface area contributed by atoms with Crippen molar-refractivity contribution in [2.24, 2.45) is 23.7 Å². The first-order valence-electron chi connectivity index (χ1n) is 12.5. The second-order valence-corrected chi connectivity index (χ2v) is 15.2. The molecule has 6 aliphatic carbocycles. The predicted octanol–water partition coefficient (Wildman–Crippen LogP) is 1.47. The van der Waals surface area contributed by atoms with E-state index in [1.54, 1.807) is 17.5 Å². The molecule has 2 aromatic rings. The molecule has 4 fully saturated rings. The molecule has 0 N–H and O–H groups in total. The Kier molecular flexibility index (Phi) is 6.45. The van der Waals surface area contributed by atoms with Gasteiger partial charge < -0.3 is 24.8 Å². The maximum absolute atomic E-state index is 2.56. The van der Waals surface area contributed by atoms with E-state index in [-0.39, 0.29) is 24.8 Å². The summed E-state index contributed by atoms with van der Waals surface area (Å²) in [7, 11) is 0. The van der Waals surface area contributed by atoms with E-state index in [1.807, 2.05) is 3.88 Å². The van der Waals surface area contributed by atoms with Gasteiger partial charge in [-0.25, -0.2) is 0 Å². The SMILES string of the molecule is Cc1ccc2c(c1)[CH]([Ti+2]([C]1=CC=CC1)=[C]1C3CC4CC(C3)CC1C4)c1cc(C)ccc1-2.[Cl-].[Cl-]. The van der Waals surface area contributed by atoms with Crippen molar-refractivity contribution in [2.45, 2.75) is 56.6 Å². The first kappa shape index (κ1) is 23.8. The summed E-state index contributed by atoms with van der Waals surface area (Å²) in [5.41, 5.74) is 9.27. The molecule has 3 heteroatoms. The molecule has 33 heavy (non-hydrogen) atoms. The molecule has 4 saturated carbocycles. The number of hydrogen-bond donors (Lipinski definition) is 0. The Morgan fingerprint density at radius 1 is 0.727 bits per heavy atom. The second-order valence-electron chi connectivity index (χ2n) is 11.1. The van der Waals surface area contributed by atoms with Gasteiger partial charge >= 0.3 is 193 Å². The zero-order chi connectivity index (χ0) is 20.7. The fourth-order valence-electron chi connectivity index (χ4n) is 8.13. The van der Waals surface area contributed by atoms with Crippen LogP contribution in [0.2, 0.25) is 0 Å². The number of fused-ring (bicyclic) bond motifs is 3. The Labute approximate surface area is 217 Å². The summed E-state index contributed by atoms with van der Waals surface area (Å²) in [6.07, 6.45) is 16.2. The smallest absolute Gasteiger partial charge is 1.00 e. The van der Waals surface area contributed by atoms with Crippen LogP contribution in [0.4, 0.5) is 0 Å². The minimum atomic E-state index is -1.69. The molecule has 0 nitrogen and oxygen atoms in total. The van der Waals surface area contributed by atoms with E-state index in [0.717, 1.165) is 23.7 Å². The van der Waals surface area contributed by atoms with Gasteiger partial charge in [-0.15, -0.1) is 0 Å². The number of rotatable bonds is 2. The summed E-state index contributed by atoms with van der Waals surface area (Å²) >= 11 is -1.69. The van der Waals surface area contributed by atoms with Gasteiger partial charge in [-0.3, -0.25) is 0 Å². The van der Waals surface area contributed by atoms with Gasteiger partial charge in [0.15, 0.2) is 0 Å². The van der Waals surface area contributed by atoms with Crippen molar-refractivity contribution < 1.29 is 42.2 Å². The molecule has 8 rings (SSSR count). The predicted molar refractivity (Wildman–Crippen MR) is 127 cm³/mol. The minimum absolute atomic E-state index is 0. The van der Waals surface area contributed by atoms with Gasteiger partial charge in [0, 0.05) is 0 Å². The van der Waals surface area contributed by atoms with Crippen LogP contribution in [0.1, 0.15) is 65.0 Å². The molecule has 4 bridgehead atoms. The van der Waals surface area contributed by atoms with Crippen molar-refractivity contribution in [3.8, 4) is 11.1 Å². The van der Waals surface area contributed by atoms with Crippen molar-refractivity contribution in [2.75, 3.05) is 0 Å². The maximum Gasteiger partial charge on any atom is -1.00 e. The van der Waals surface area contributed by atoms with Crippen LogP contribution in [0.5, 0.6) is 0 Å². The standard InChI is InChI=1S/C15H13.C10H14.C5H5.2ClH.Ti/c1-10-3-5-14-12(7-10)9-13-8-11(2)4-6-15(13)14;1-7-2-9-4-8(1)5-10(3-7)6-9;1-2-4-5-3-1;;;/h3-9H,1-2H3;7-10H,1-5H2;1-3H,4H2;2*1H;/q;;;;;+2/p-2. The molecule has 0 aliphatic heterocycles. The summed E-state index contributed by atoms with van der Waals surface area (Å²) in [6, 6.07) is 14.6. The van der Waals surface area contributed by atoms with Crippen molar-refractivity contribution in [3.05, 3.63) is 80.8 Å². The molecular weight excluding hydrogens is 479 g/mol. The third kappa shape index (κ3) is 3.72. The average Bonchev–Trinajstić information content (AvgIpc) is 3.36. The second kappa shape index (κ2) is 8.94. The quantitative estimate of drug-likeness (QED) is 0.537. The maximum atomic E-state index is 2.56. The molecule has 0 saturated heterocycles. The fourth-order valence-corrected chi connectivity index (χ4v) is 14.6. The Balaban J connectivity index is 0.00000114. The summed E-state index contributed by atoms with van der Waals surface area (Å²) in [6.45, 7) is 4.58. The van der Waals surface area contributed by atoms with Crippen LogP contribution in [0.25, 0.3) is 11.1 Å². The van der Waals surface area contributed by atoms with Gasteiger partial charge in [0.1, 0.15) is 0 Å². The molecule has 170 valence electrons. The largest absolute Gasteiger partial charge is 1.00 e. The van der Waals surface area contributed by atoms with Crippen molar-refractivity contribution in [1.29, 1.82) is 0 Å². The van der Waals surface area contributed by atoms with Gasteiger partial charge in [0.2, 0.25) is 0 Å². The van der Waals surface area contributed by atoms with Crippen molar-refractivity contribution in [3.63, 3.8) is 0 Å². The molecule has 0 spiro atoms. The molecule has 6 aliphatic rings. The van der Waals surface area contributed by atoms with E-state index >= 15 is 0 Å². The van der Waals surface area contributed by atoms with Gasteiger partial charge in [0.05, 0.1) is 0 Å². The van der Waals surface area contributed by atoms with Crippen LogP contribution in [0, 0.1) is 37.5 Å². The van der Waals surface area contributed by atoms with Crippen LogP contribution < -0.4 is 24.8 Å². The van der Waals surface area contributed by atoms with Crippen LogP contribution in [0.15, 0.2) is 58.5 Å². The monoisotopic (exact) mass is 510 g/mol. The molecule has 0 radical (unpaired) electrons. The first-order chi connectivity index (χ1) is 15.2. The zero-order valence-corrected chi connectivity index (χ0v) is 22.7.